The topological polar surface area (TPSA) is 58.9 Å². The number of hydrogen-bond acceptors (Lipinski definition) is 4. The van der Waals surface area contributed by atoms with Crippen LogP contribution < -0.4 is 0 Å². The quantitative estimate of drug-likeness (QED) is 0.381. The van der Waals surface area contributed by atoms with Crippen LogP contribution in [-0.2, 0) is 16.0 Å². The van der Waals surface area contributed by atoms with Crippen LogP contribution >= 0.6 is 11.6 Å². The zero-order valence-electron chi connectivity index (χ0n) is 8.81. The first-order chi connectivity index (χ1) is 7.61. The van der Waals surface area contributed by atoms with Crippen molar-refractivity contribution in [1.82, 2.24) is 0 Å². The van der Waals surface area contributed by atoms with Gasteiger partial charge in [-0.25, -0.2) is 0 Å². The molecule has 0 heterocycles. The molecule has 0 saturated heterocycles. The number of carbonyl (C=O) groups is 1. The van der Waals surface area contributed by atoms with Crippen molar-refractivity contribution >= 4 is 23.3 Å². The normalized spacial score (nSPS) is 11.2. The van der Waals surface area contributed by atoms with E-state index < -0.39 is 5.97 Å². The van der Waals surface area contributed by atoms with E-state index in [4.69, 9.17) is 21.5 Å². The van der Waals surface area contributed by atoms with E-state index in [1.165, 1.54) is 6.92 Å². The molecule has 0 spiro atoms. The molecule has 0 amide bonds. The highest BCUT2D eigenvalue weighted by molar-refractivity contribution is 6.30. The Morgan fingerprint density at radius 2 is 2.06 bits per heavy atom. The number of hydrogen-bond donors (Lipinski definition) is 1. The average molecular weight is 242 g/mol. The molecule has 0 bridgehead atoms. The Labute approximate surface area is 98.5 Å². The molecule has 0 radical (unpaired) electrons. The second-order valence-corrected chi connectivity index (χ2v) is 3.69. The molecule has 1 aromatic rings. The van der Waals surface area contributed by atoms with Crippen molar-refractivity contribution in [3.63, 3.8) is 0 Å². The van der Waals surface area contributed by atoms with Crippen molar-refractivity contribution in [1.29, 1.82) is 0 Å². The predicted molar refractivity (Wildman–Crippen MR) is 61.0 cm³/mol. The number of halogens is 1. The Morgan fingerprint density at radius 3 is 2.56 bits per heavy atom. The summed E-state index contributed by atoms with van der Waals surface area (Å²) in [4.78, 5) is 10.6. The Hall–Kier alpha value is -1.55. The van der Waals surface area contributed by atoms with Gasteiger partial charge < -0.3 is 9.94 Å². The fourth-order valence-electron chi connectivity index (χ4n) is 1.14. The Kier molecular flexibility index (Phi) is 4.79. The second kappa shape index (κ2) is 6.12. The summed E-state index contributed by atoms with van der Waals surface area (Å²) in [6, 6.07) is 7.14. The molecule has 0 aliphatic heterocycles. The minimum Gasteiger partial charge on any atom is -0.460 e. The summed E-state index contributed by atoms with van der Waals surface area (Å²) in [5, 5.41) is 12.5. The van der Waals surface area contributed by atoms with Gasteiger partial charge in [0.25, 0.3) is 0 Å². The fourth-order valence-corrected chi connectivity index (χ4v) is 1.26. The summed E-state index contributed by atoms with van der Waals surface area (Å²) in [5.74, 6) is -0.405. The molecule has 1 N–H and O–H groups in total. The van der Waals surface area contributed by atoms with Gasteiger partial charge in [-0.1, -0.05) is 28.9 Å². The third-order valence-electron chi connectivity index (χ3n) is 1.90. The molecule has 0 unspecified atom stereocenters. The lowest BCUT2D eigenvalue weighted by molar-refractivity contribution is -0.139. The molecular weight excluding hydrogens is 230 g/mol. The third kappa shape index (κ3) is 4.31. The van der Waals surface area contributed by atoms with Crippen LogP contribution in [0.2, 0.25) is 5.02 Å². The number of oxime groups is 1. The number of carbonyl (C=O) groups excluding carboxylic acids is 1. The molecule has 0 aliphatic rings. The van der Waals surface area contributed by atoms with Gasteiger partial charge in [-0.3, -0.25) is 4.79 Å². The maximum absolute atomic E-state index is 10.6. The number of ether oxygens (including phenoxy) is 1. The summed E-state index contributed by atoms with van der Waals surface area (Å²) in [6.07, 6.45) is 0.418. The highest BCUT2D eigenvalue weighted by Crippen LogP contribution is 2.10. The fraction of sp³-hybridized carbons (Fsp3) is 0.273. The lowest BCUT2D eigenvalue weighted by atomic mass is 10.1. The minimum absolute atomic E-state index is 0.00550. The van der Waals surface area contributed by atoms with E-state index in [1.807, 2.05) is 12.1 Å². The van der Waals surface area contributed by atoms with Crippen molar-refractivity contribution in [3.05, 3.63) is 34.9 Å². The van der Waals surface area contributed by atoms with Crippen molar-refractivity contribution in [2.75, 3.05) is 6.61 Å². The van der Waals surface area contributed by atoms with Crippen LogP contribution in [0.25, 0.3) is 0 Å². The summed E-state index contributed by atoms with van der Waals surface area (Å²) in [6.45, 7) is 1.30. The third-order valence-corrected chi connectivity index (χ3v) is 2.16. The van der Waals surface area contributed by atoms with Crippen molar-refractivity contribution in [3.8, 4) is 0 Å². The number of nitrogens with zero attached hydrogens (tertiary/aromatic N) is 1. The van der Waals surface area contributed by atoms with Gasteiger partial charge in [0.1, 0.15) is 6.61 Å². The number of rotatable bonds is 4. The average Bonchev–Trinajstić information content (AvgIpc) is 2.26. The maximum atomic E-state index is 10.6. The summed E-state index contributed by atoms with van der Waals surface area (Å²) in [5.41, 5.74) is 1.32. The molecule has 0 aliphatic carbocycles. The monoisotopic (exact) mass is 241 g/mol. The molecule has 16 heavy (non-hydrogen) atoms. The van der Waals surface area contributed by atoms with Gasteiger partial charge in [0.15, 0.2) is 0 Å². The minimum atomic E-state index is -0.405. The Morgan fingerprint density at radius 1 is 1.44 bits per heavy atom. The number of benzene rings is 1. The predicted octanol–water partition coefficient (Wildman–Crippen LogP) is 2.28. The summed E-state index contributed by atoms with van der Waals surface area (Å²) in [7, 11) is 0. The van der Waals surface area contributed by atoms with Crippen molar-refractivity contribution < 1.29 is 14.7 Å². The van der Waals surface area contributed by atoms with E-state index >= 15 is 0 Å². The van der Waals surface area contributed by atoms with Gasteiger partial charge in [-0.05, 0) is 17.7 Å². The molecule has 0 fully saturated rings. The molecule has 0 aromatic heterocycles. The molecular formula is C11H12ClNO3. The molecule has 0 saturated carbocycles. The van der Waals surface area contributed by atoms with Gasteiger partial charge >= 0.3 is 5.97 Å². The largest absolute Gasteiger partial charge is 0.460 e. The van der Waals surface area contributed by atoms with E-state index in [2.05, 4.69) is 5.16 Å². The summed E-state index contributed by atoms with van der Waals surface area (Å²) < 4.78 is 4.74. The van der Waals surface area contributed by atoms with Crippen LogP contribution in [-0.4, -0.2) is 23.5 Å². The van der Waals surface area contributed by atoms with Crippen molar-refractivity contribution in [2.45, 2.75) is 13.3 Å². The van der Waals surface area contributed by atoms with Crippen LogP contribution in [0.15, 0.2) is 29.4 Å². The Balaban J connectivity index is 2.57. The molecule has 1 aromatic carbocycles. The molecule has 86 valence electrons. The van der Waals surface area contributed by atoms with E-state index in [9.17, 15) is 4.79 Å². The first-order valence-corrected chi connectivity index (χ1v) is 5.07. The van der Waals surface area contributed by atoms with E-state index in [-0.39, 0.29) is 6.61 Å². The maximum Gasteiger partial charge on any atom is 0.303 e. The lowest BCUT2D eigenvalue weighted by Gasteiger charge is -2.05. The second-order valence-electron chi connectivity index (χ2n) is 3.25. The van der Waals surface area contributed by atoms with Crippen LogP contribution in [0, 0.1) is 0 Å². The molecule has 4 nitrogen and oxygen atoms in total. The summed E-state index contributed by atoms with van der Waals surface area (Å²) >= 11 is 5.74. The molecule has 1 rings (SSSR count). The van der Waals surface area contributed by atoms with Gasteiger partial charge in [0, 0.05) is 18.4 Å². The van der Waals surface area contributed by atoms with Crippen LogP contribution in [0.3, 0.4) is 0 Å². The first kappa shape index (κ1) is 12.5. The van der Waals surface area contributed by atoms with Gasteiger partial charge in [-0.2, -0.15) is 0 Å². The highest BCUT2D eigenvalue weighted by Gasteiger charge is 2.04. The highest BCUT2D eigenvalue weighted by atomic mass is 35.5. The van der Waals surface area contributed by atoms with Crippen LogP contribution in [0.4, 0.5) is 0 Å². The SMILES string of the molecule is CC(=O)OC/C(Cc1ccc(Cl)cc1)=N\O. The van der Waals surface area contributed by atoms with Gasteiger partial charge in [0.05, 0.1) is 5.71 Å². The molecule has 0 atom stereocenters. The van der Waals surface area contributed by atoms with E-state index in [0.717, 1.165) is 5.56 Å². The zero-order chi connectivity index (χ0) is 12.0. The lowest BCUT2D eigenvalue weighted by Crippen LogP contribution is -2.14. The van der Waals surface area contributed by atoms with Gasteiger partial charge in [-0.15, -0.1) is 0 Å². The standard InChI is InChI=1S/C11H12ClNO3/c1-8(14)16-7-11(13-15)6-9-2-4-10(12)5-3-9/h2-5,15H,6-7H2,1H3/b13-11-. The zero-order valence-corrected chi connectivity index (χ0v) is 9.57. The Bertz CT molecular complexity index is 387. The van der Waals surface area contributed by atoms with Crippen molar-refractivity contribution in [2.24, 2.45) is 5.16 Å². The smallest absolute Gasteiger partial charge is 0.303 e. The number of esters is 1. The first-order valence-electron chi connectivity index (χ1n) is 4.69. The van der Waals surface area contributed by atoms with Crippen LogP contribution in [0.5, 0.6) is 0 Å². The van der Waals surface area contributed by atoms with E-state index in [0.29, 0.717) is 17.2 Å². The molecule has 5 heteroatoms. The van der Waals surface area contributed by atoms with E-state index in [1.54, 1.807) is 12.1 Å². The van der Waals surface area contributed by atoms with Gasteiger partial charge in [0.2, 0.25) is 0 Å². The van der Waals surface area contributed by atoms with Crippen LogP contribution in [0.1, 0.15) is 12.5 Å².